The summed E-state index contributed by atoms with van der Waals surface area (Å²) in [5, 5.41) is 0. The maximum atomic E-state index is 11.7. The molecule has 134 valence electrons. The zero-order valence-electron chi connectivity index (χ0n) is 15.0. The SMILES string of the molecule is COCc1ccc(C2=CC3(C=C2c2ccc(S(C)(=O)=O)cc2)CC3)cc1. The molecule has 0 bridgehead atoms. The Labute approximate surface area is 154 Å². The van der Waals surface area contributed by atoms with Crippen molar-refractivity contribution >= 4 is 21.0 Å². The third-order valence-corrected chi connectivity index (χ3v) is 6.28. The van der Waals surface area contributed by atoms with Gasteiger partial charge in [0.25, 0.3) is 0 Å². The van der Waals surface area contributed by atoms with Crippen molar-refractivity contribution in [1.29, 1.82) is 0 Å². The molecule has 0 amide bonds. The molecular weight excluding hydrogens is 344 g/mol. The van der Waals surface area contributed by atoms with Crippen molar-refractivity contribution < 1.29 is 13.2 Å². The molecule has 0 N–H and O–H groups in total. The number of methoxy groups -OCH3 is 1. The van der Waals surface area contributed by atoms with Crippen LogP contribution in [0.2, 0.25) is 0 Å². The van der Waals surface area contributed by atoms with Crippen LogP contribution < -0.4 is 0 Å². The molecule has 2 aromatic rings. The average molecular weight is 366 g/mol. The van der Waals surface area contributed by atoms with Crippen molar-refractivity contribution in [2.45, 2.75) is 24.3 Å². The van der Waals surface area contributed by atoms with Gasteiger partial charge in [0, 0.05) is 18.8 Å². The Hall–Kier alpha value is -2.17. The van der Waals surface area contributed by atoms with Gasteiger partial charge in [0.15, 0.2) is 9.84 Å². The van der Waals surface area contributed by atoms with Gasteiger partial charge < -0.3 is 4.74 Å². The fourth-order valence-electron chi connectivity index (χ4n) is 3.51. The molecule has 0 unspecified atom stereocenters. The number of hydrogen-bond acceptors (Lipinski definition) is 3. The standard InChI is InChI=1S/C22H22O3S/c1-25-15-16-3-5-17(6-4-16)20-13-22(11-12-22)14-21(20)18-7-9-19(10-8-18)26(2,23)24/h3-10,13-14H,11-12,15H2,1-2H3. The lowest BCUT2D eigenvalue weighted by Crippen LogP contribution is -1.97. The van der Waals surface area contributed by atoms with Crippen LogP contribution in [0.15, 0.2) is 65.6 Å². The monoisotopic (exact) mass is 366 g/mol. The minimum Gasteiger partial charge on any atom is -0.380 e. The fraction of sp³-hybridized carbons (Fsp3) is 0.273. The Bertz CT molecular complexity index is 990. The third-order valence-electron chi connectivity index (χ3n) is 5.15. The second-order valence-corrected chi connectivity index (χ2v) is 9.29. The van der Waals surface area contributed by atoms with E-state index in [4.69, 9.17) is 4.74 Å². The van der Waals surface area contributed by atoms with Crippen molar-refractivity contribution in [3.8, 4) is 0 Å². The Balaban J connectivity index is 1.70. The zero-order valence-corrected chi connectivity index (χ0v) is 15.8. The maximum Gasteiger partial charge on any atom is 0.175 e. The van der Waals surface area contributed by atoms with E-state index in [1.807, 2.05) is 12.1 Å². The van der Waals surface area contributed by atoms with Crippen LogP contribution in [0.5, 0.6) is 0 Å². The first-order valence-corrected chi connectivity index (χ1v) is 10.6. The molecule has 0 saturated heterocycles. The summed E-state index contributed by atoms with van der Waals surface area (Å²) in [6, 6.07) is 15.7. The summed E-state index contributed by atoms with van der Waals surface area (Å²) in [6.07, 6.45) is 8.33. The highest BCUT2D eigenvalue weighted by Crippen LogP contribution is 2.57. The number of allylic oxidation sites excluding steroid dienone is 4. The molecule has 2 aliphatic carbocycles. The number of sulfone groups is 1. The largest absolute Gasteiger partial charge is 0.380 e. The first-order valence-electron chi connectivity index (χ1n) is 8.75. The van der Waals surface area contributed by atoms with Gasteiger partial charge in [0.2, 0.25) is 0 Å². The van der Waals surface area contributed by atoms with Gasteiger partial charge in [-0.1, -0.05) is 48.6 Å². The van der Waals surface area contributed by atoms with Crippen molar-refractivity contribution in [2.24, 2.45) is 5.41 Å². The van der Waals surface area contributed by atoms with E-state index in [1.165, 1.54) is 35.8 Å². The molecule has 0 heterocycles. The number of hydrogen-bond donors (Lipinski definition) is 0. The predicted octanol–water partition coefficient (Wildman–Crippen LogP) is 4.50. The topological polar surface area (TPSA) is 43.4 Å². The first kappa shape index (κ1) is 17.3. The van der Waals surface area contributed by atoms with Crippen LogP contribution in [0.1, 0.15) is 29.5 Å². The van der Waals surface area contributed by atoms with Crippen molar-refractivity contribution in [3.63, 3.8) is 0 Å². The van der Waals surface area contributed by atoms with E-state index in [1.54, 1.807) is 19.2 Å². The lowest BCUT2D eigenvalue weighted by atomic mass is 9.94. The van der Waals surface area contributed by atoms with Crippen LogP contribution >= 0.6 is 0 Å². The van der Waals surface area contributed by atoms with Gasteiger partial charge in [-0.25, -0.2) is 8.42 Å². The Morgan fingerprint density at radius 1 is 0.885 bits per heavy atom. The van der Waals surface area contributed by atoms with Gasteiger partial charge in [0.1, 0.15) is 0 Å². The van der Waals surface area contributed by atoms with E-state index < -0.39 is 9.84 Å². The van der Waals surface area contributed by atoms with Crippen LogP contribution in [0.3, 0.4) is 0 Å². The highest BCUT2D eigenvalue weighted by molar-refractivity contribution is 7.90. The molecule has 1 spiro atoms. The molecule has 3 nitrogen and oxygen atoms in total. The average Bonchev–Trinajstić information content (AvgIpc) is 3.26. The smallest absolute Gasteiger partial charge is 0.175 e. The van der Waals surface area contributed by atoms with E-state index in [-0.39, 0.29) is 5.41 Å². The molecule has 4 heteroatoms. The summed E-state index contributed by atoms with van der Waals surface area (Å²) < 4.78 is 28.6. The number of rotatable bonds is 5. The van der Waals surface area contributed by atoms with Gasteiger partial charge in [0.05, 0.1) is 11.5 Å². The zero-order chi connectivity index (χ0) is 18.4. The number of ether oxygens (including phenoxy) is 1. The van der Waals surface area contributed by atoms with E-state index in [2.05, 4.69) is 36.4 Å². The molecule has 0 atom stereocenters. The van der Waals surface area contributed by atoms with E-state index in [0.717, 1.165) is 11.1 Å². The predicted molar refractivity (Wildman–Crippen MR) is 104 cm³/mol. The Kier molecular flexibility index (Phi) is 4.13. The molecule has 26 heavy (non-hydrogen) atoms. The highest BCUT2D eigenvalue weighted by Gasteiger charge is 2.43. The Morgan fingerprint density at radius 2 is 1.38 bits per heavy atom. The molecule has 0 aliphatic heterocycles. The summed E-state index contributed by atoms with van der Waals surface area (Å²) in [5.41, 5.74) is 6.03. The fourth-order valence-corrected chi connectivity index (χ4v) is 4.14. The van der Waals surface area contributed by atoms with E-state index in [0.29, 0.717) is 11.5 Å². The van der Waals surface area contributed by atoms with Crippen LogP contribution in [-0.2, 0) is 21.2 Å². The van der Waals surface area contributed by atoms with E-state index >= 15 is 0 Å². The second kappa shape index (κ2) is 6.22. The van der Waals surface area contributed by atoms with Gasteiger partial charge in [-0.2, -0.15) is 0 Å². The minimum absolute atomic E-state index is 0.200. The van der Waals surface area contributed by atoms with Crippen molar-refractivity contribution in [1.82, 2.24) is 0 Å². The summed E-state index contributed by atoms with van der Waals surface area (Å²) >= 11 is 0. The molecule has 0 radical (unpaired) electrons. The molecule has 0 aromatic heterocycles. The van der Waals surface area contributed by atoms with Crippen LogP contribution in [0.4, 0.5) is 0 Å². The normalized spacial score (nSPS) is 17.9. The molecular formula is C22H22O3S. The minimum atomic E-state index is -3.18. The Morgan fingerprint density at radius 3 is 1.81 bits per heavy atom. The summed E-state index contributed by atoms with van der Waals surface area (Å²) in [6.45, 7) is 0.610. The summed E-state index contributed by atoms with van der Waals surface area (Å²) in [4.78, 5) is 0.357. The van der Waals surface area contributed by atoms with Crippen LogP contribution in [0, 0.1) is 5.41 Å². The quantitative estimate of drug-likeness (QED) is 0.783. The maximum absolute atomic E-state index is 11.7. The van der Waals surface area contributed by atoms with Gasteiger partial charge in [-0.15, -0.1) is 0 Å². The van der Waals surface area contributed by atoms with Gasteiger partial charge in [-0.05, 0) is 52.8 Å². The van der Waals surface area contributed by atoms with Crippen LogP contribution in [0.25, 0.3) is 11.1 Å². The molecule has 1 saturated carbocycles. The second-order valence-electron chi connectivity index (χ2n) is 7.28. The lowest BCUT2D eigenvalue weighted by Gasteiger charge is -2.11. The van der Waals surface area contributed by atoms with Gasteiger partial charge in [-0.3, -0.25) is 0 Å². The number of benzene rings is 2. The molecule has 1 fully saturated rings. The highest BCUT2D eigenvalue weighted by atomic mass is 32.2. The molecule has 4 rings (SSSR count). The van der Waals surface area contributed by atoms with Gasteiger partial charge >= 0.3 is 0 Å². The summed E-state index contributed by atoms with van der Waals surface area (Å²) in [7, 11) is -1.48. The molecule has 2 aliphatic rings. The summed E-state index contributed by atoms with van der Waals surface area (Å²) in [5.74, 6) is 0. The van der Waals surface area contributed by atoms with Crippen molar-refractivity contribution in [3.05, 3.63) is 77.4 Å². The van der Waals surface area contributed by atoms with E-state index in [9.17, 15) is 8.42 Å². The third kappa shape index (κ3) is 3.27. The first-order chi connectivity index (χ1) is 12.4. The van der Waals surface area contributed by atoms with Crippen molar-refractivity contribution in [2.75, 3.05) is 13.4 Å². The molecule has 2 aromatic carbocycles. The van der Waals surface area contributed by atoms with Crippen LogP contribution in [-0.4, -0.2) is 21.8 Å². The lowest BCUT2D eigenvalue weighted by molar-refractivity contribution is 0.185.